The summed E-state index contributed by atoms with van der Waals surface area (Å²) in [5, 5.41) is 0. The van der Waals surface area contributed by atoms with Crippen LogP contribution < -0.4 is 0 Å². The Morgan fingerprint density at radius 1 is 1.26 bits per heavy atom. The second-order valence-corrected chi connectivity index (χ2v) is 8.44. The Morgan fingerprint density at radius 2 is 1.89 bits per heavy atom. The maximum Gasteiger partial charge on any atom is 0.410 e. The summed E-state index contributed by atoms with van der Waals surface area (Å²) in [6, 6.07) is 8.62. The van der Waals surface area contributed by atoms with Crippen LogP contribution in [0.2, 0.25) is 0 Å². The van der Waals surface area contributed by atoms with Crippen LogP contribution in [0.4, 0.5) is 4.79 Å². The summed E-state index contributed by atoms with van der Waals surface area (Å²) in [5.74, 6) is 0. The van der Waals surface area contributed by atoms with Gasteiger partial charge < -0.3 is 19.1 Å². The minimum Gasteiger partial charge on any atom is -0.444 e. The average Bonchev–Trinajstić information content (AvgIpc) is 3.22. The molecule has 1 aromatic carbocycles. The van der Waals surface area contributed by atoms with E-state index >= 15 is 0 Å². The van der Waals surface area contributed by atoms with Crippen LogP contribution in [0.25, 0.3) is 0 Å². The van der Waals surface area contributed by atoms with Gasteiger partial charge in [0.2, 0.25) is 0 Å². The van der Waals surface area contributed by atoms with Gasteiger partial charge in [0.15, 0.2) is 6.29 Å². The van der Waals surface area contributed by atoms with Gasteiger partial charge in [-0.3, -0.25) is 0 Å². The molecule has 0 N–H and O–H groups in total. The predicted molar refractivity (Wildman–Crippen MR) is 107 cm³/mol. The lowest BCUT2D eigenvalue weighted by Gasteiger charge is -2.34. The minimum atomic E-state index is -0.446. The van der Waals surface area contributed by atoms with Gasteiger partial charge in [-0.1, -0.05) is 31.2 Å². The minimum absolute atomic E-state index is 0.0463. The first-order chi connectivity index (χ1) is 12.7. The lowest BCUT2D eigenvalue weighted by Crippen LogP contribution is -2.42. The Labute approximate surface area is 164 Å². The number of hydrogen-bond donors (Lipinski definition) is 0. The van der Waals surface area contributed by atoms with Crippen molar-refractivity contribution < 1.29 is 19.0 Å². The highest BCUT2D eigenvalue weighted by atomic mass is 16.7. The van der Waals surface area contributed by atoms with Crippen molar-refractivity contribution in [3.63, 3.8) is 0 Å². The van der Waals surface area contributed by atoms with Crippen LogP contribution in [0.5, 0.6) is 0 Å². The third-order valence-corrected chi connectivity index (χ3v) is 5.17. The number of rotatable bonds is 3. The first kappa shape index (κ1) is 21.7. The highest BCUT2D eigenvalue weighted by Gasteiger charge is 2.39. The Bertz CT molecular complexity index is 619. The molecule has 1 unspecified atom stereocenters. The van der Waals surface area contributed by atoms with E-state index in [4.69, 9.17) is 14.2 Å². The Hall–Kier alpha value is -1.59. The average molecular weight is 378 g/mol. The fourth-order valence-corrected chi connectivity index (χ4v) is 3.74. The SMILES string of the molecule is CC1OCCO1.CCC1(CN(C)C(=O)OC(C)(C)C)CCc2ccccc21. The van der Waals surface area contributed by atoms with Crippen molar-refractivity contribution in [2.75, 3.05) is 26.8 Å². The number of likely N-dealkylation sites (N-methyl/N-ethyl adjacent to an activating group) is 1. The summed E-state index contributed by atoms with van der Waals surface area (Å²) in [7, 11) is 1.84. The van der Waals surface area contributed by atoms with Gasteiger partial charge in [0.1, 0.15) is 5.60 Å². The van der Waals surface area contributed by atoms with E-state index in [0.717, 1.165) is 39.0 Å². The molecule has 2 aliphatic rings. The summed E-state index contributed by atoms with van der Waals surface area (Å²) in [6.07, 6.45) is 3.06. The van der Waals surface area contributed by atoms with Crippen molar-refractivity contribution >= 4 is 6.09 Å². The third kappa shape index (κ3) is 5.94. The van der Waals surface area contributed by atoms with Crippen LogP contribution in [-0.4, -0.2) is 49.7 Å². The molecule has 1 atom stereocenters. The van der Waals surface area contributed by atoms with Crippen molar-refractivity contribution in [1.82, 2.24) is 4.90 Å². The summed E-state index contributed by atoms with van der Waals surface area (Å²) < 4.78 is 15.3. The molecule has 1 aliphatic heterocycles. The zero-order valence-corrected chi connectivity index (χ0v) is 17.7. The fraction of sp³-hybridized carbons (Fsp3) is 0.682. The molecule has 3 rings (SSSR count). The molecule has 1 aliphatic carbocycles. The molecule has 0 saturated carbocycles. The molecule has 152 valence electrons. The maximum atomic E-state index is 12.2. The molecule has 1 amide bonds. The number of fused-ring (bicyclic) bond motifs is 1. The molecule has 0 aromatic heterocycles. The van der Waals surface area contributed by atoms with Crippen molar-refractivity contribution in [3.05, 3.63) is 35.4 Å². The van der Waals surface area contributed by atoms with Crippen molar-refractivity contribution in [3.8, 4) is 0 Å². The topological polar surface area (TPSA) is 48.0 Å². The van der Waals surface area contributed by atoms with Gasteiger partial charge in [0.05, 0.1) is 13.2 Å². The van der Waals surface area contributed by atoms with Crippen molar-refractivity contribution in [2.45, 2.75) is 71.2 Å². The van der Waals surface area contributed by atoms with E-state index in [1.165, 1.54) is 11.1 Å². The number of nitrogens with zero attached hydrogens (tertiary/aromatic N) is 1. The summed E-state index contributed by atoms with van der Waals surface area (Å²) >= 11 is 0. The predicted octanol–water partition coefficient (Wildman–Crippen LogP) is 4.53. The van der Waals surface area contributed by atoms with E-state index in [1.54, 1.807) is 4.90 Å². The second-order valence-electron chi connectivity index (χ2n) is 8.44. The van der Waals surface area contributed by atoms with Crippen molar-refractivity contribution in [1.29, 1.82) is 0 Å². The lowest BCUT2D eigenvalue weighted by molar-refractivity contribution is -0.0254. The number of carbonyl (C=O) groups is 1. The molecule has 1 heterocycles. The molecule has 1 fully saturated rings. The van der Waals surface area contributed by atoms with Crippen molar-refractivity contribution in [2.24, 2.45) is 0 Å². The highest BCUT2D eigenvalue weighted by Crippen LogP contribution is 2.42. The van der Waals surface area contributed by atoms with Gasteiger partial charge >= 0.3 is 6.09 Å². The Kier molecular flexibility index (Phi) is 7.29. The second kappa shape index (κ2) is 9.07. The van der Waals surface area contributed by atoms with Crippen LogP contribution in [0.3, 0.4) is 0 Å². The van der Waals surface area contributed by atoms with Gasteiger partial charge in [0, 0.05) is 19.0 Å². The third-order valence-electron chi connectivity index (χ3n) is 5.17. The van der Waals surface area contributed by atoms with E-state index in [1.807, 2.05) is 34.7 Å². The van der Waals surface area contributed by atoms with Gasteiger partial charge in [-0.05, 0) is 58.1 Å². The molecule has 27 heavy (non-hydrogen) atoms. The summed E-state index contributed by atoms with van der Waals surface area (Å²) in [4.78, 5) is 14.0. The first-order valence-electron chi connectivity index (χ1n) is 9.92. The largest absolute Gasteiger partial charge is 0.444 e. The van der Waals surface area contributed by atoms with Gasteiger partial charge in [0.25, 0.3) is 0 Å². The van der Waals surface area contributed by atoms with Crippen LogP contribution in [-0.2, 0) is 26.0 Å². The zero-order valence-electron chi connectivity index (χ0n) is 17.7. The molecule has 1 saturated heterocycles. The van der Waals surface area contributed by atoms with Gasteiger partial charge in [-0.25, -0.2) is 4.79 Å². The quantitative estimate of drug-likeness (QED) is 0.777. The number of aryl methyl sites for hydroxylation is 1. The first-order valence-corrected chi connectivity index (χ1v) is 9.92. The zero-order chi connectivity index (χ0) is 20.1. The normalized spacial score (nSPS) is 22.0. The molecular weight excluding hydrogens is 342 g/mol. The van der Waals surface area contributed by atoms with E-state index in [9.17, 15) is 4.79 Å². The molecule has 5 nitrogen and oxygen atoms in total. The van der Waals surface area contributed by atoms with Crippen LogP contribution in [0, 0.1) is 0 Å². The molecule has 5 heteroatoms. The Balaban J connectivity index is 0.000000369. The number of hydrogen-bond acceptors (Lipinski definition) is 4. The molecular formula is C22H35NO4. The smallest absolute Gasteiger partial charge is 0.410 e. The standard InChI is InChI=1S/C18H27NO2.C4H8O2/c1-6-18(12-11-14-9-7-8-10-15(14)18)13-19(5)16(20)21-17(2,3)4;1-4-5-2-3-6-4/h7-10H,6,11-13H2,1-5H3;4H,2-3H2,1H3. The molecule has 0 radical (unpaired) electrons. The van der Waals surface area contributed by atoms with Crippen LogP contribution in [0.1, 0.15) is 58.6 Å². The van der Waals surface area contributed by atoms with Gasteiger partial charge in [-0.15, -0.1) is 0 Å². The van der Waals surface area contributed by atoms with Gasteiger partial charge in [-0.2, -0.15) is 0 Å². The number of amides is 1. The molecule has 1 aromatic rings. The molecule has 0 bridgehead atoms. The highest BCUT2D eigenvalue weighted by molar-refractivity contribution is 5.68. The number of carbonyl (C=O) groups excluding carboxylic acids is 1. The molecule has 0 spiro atoms. The fourth-order valence-electron chi connectivity index (χ4n) is 3.74. The van der Waals surface area contributed by atoms with Crippen LogP contribution >= 0.6 is 0 Å². The van der Waals surface area contributed by atoms with E-state index in [-0.39, 0.29) is 17.8 Å². The number of ether oxygens (including phenoxy) is 3. The van der Waals surface area contributed by atoms with E-state index in [2.05, 4.69) is 31.2 Å². The lowest BCUT2D eigenvalue weighted by atomic mass is 9.79. The summed E-state index contributed by atoms with van der Waals surface area (Å²) in [6.45, 7) is 12.1. The summed E-state index contributed by atoms with van der Waals surface area (Å²) in [5.41, 5.74) is 2.46. The maximum absolute atomic E-state index is 12.2. The number of benzene rings is 1. The monoisotopic (exact) mass is 377 g/mol. The van der Waals surface area contributed by atoms with Crippen LogP contribution in [0.15, 0.2) is 24.3 Å². The van der Waals surface area contributed by atoms with E-state index in [0.29, 0.717) is 0 Å². The Morgan fingerprint density at radius 3 is 2.41 bits per heavy atom. The van der Waals surface area contributed by atoms with E-state index < -0.39 is 5.60 Å².